The summed E-state index contributed by atoms with van der Waals surface area (Å²) in [5.41, 5.74) is 0. The molecular formula is C15H23NO2S. The van der Waals surface area contributed by atoms with Gasteiger partial charge in [0.15, 0.2) is 0 Å². The molecule has 0 amide bonds. The number of hydrogen-bond acceptors (Lipinski definition) is 4. The summed E-state index contributed by atoms with van der Waals surface area (Å²) in [5.74, 6) is 0.628. The standard InChI is InChI=1S/C15H23NO2S/c1-18-15(17)10-13(14-8-5-9-19-14)16-11-12-6-3-2-4-7-12/h5,8-9,12-13,16H,2-4,6-7,10-11H2,1H3. The molecule has 1 atom stereocenters. The Kier molecular flexibility index (Phi) is 5.86. The molecule has 0 spiro atoms. The van der Waals surface area contributed by atoms with E-state index in [-0.39, 0.29) is 12.0 Å². The average Bonchev–Trinajstić information content (AvgIpc) is 2.98. The van der Waals surface area contributed by atoms with Crippen molar-refractivity contribution in [2.45, 2.75) is 44.6 Å². The summed E-state index contributed by atoms with van der Waals surface area (Å²) in [7, 11) is 1.45. The highest BCUT2D eigenvalue weighted by molar-refractivity contribution is 7.10. The van der Waals surface area contributed by atoms with Crippen LogP contribution in [0.1, 0.15) is 49.4 Å². The van der Waals surface area contributed by atoms with Gasteiger partial charge in [-0.05, 0) is 36.8 Å². The first-order valence-corrected chi connectivity index (χ1v) is 8.01. The number of ether oxygens (including phenoxy) is 1. The molecule has 1 aromatic heterocycles. The fraction of sp³-hybridized carbons (Fsp3) is 0.667. The minimum Gasteiger partial charge on any atom is -0.469 e. The van der Waals surface area contributed by atoms with Crippen molar-refractivity contribution in [1.29, 1.82) is 0 Å². The monoisotopic (exact) mass is 281 g/mol. The highest BCUT2D eigenvalue weighted by Crippen LogP contribution is 2.26. The molecule has 1 aliphatic carbocycles. The SMILES string of the molecule is COC(=O)CC(NCC1CCCCC1)c1cccs1. The Morgan fingerprint density at radius 1 is 1.47 bits per heavy atom. The van der Waals surface area contributed by atoms with E-state index in [0.717, 1.165) is 12.5 Å². The van der Waals surface area contributed by atoms with Gasteiger partial charge in [-0.2, -0.15) is 0 Å². The third-order valence-electron chi connectivity index (χ3n) is 3.86. The van der Waals surface area contributed by atoms with Crippen molar-refractivity contribution in [3.05, 3.63) is 22.4 Å². The van der Waals surface area contributed by atoms with Crippen LogP contribution in [0.5, 0.6) is 0 Å². The minimum absolute atomic E-state index is 0.106. The molecule has 1 aromatic rings. The summed E-state index contributed by atoms with van der Waals surface area (Å²) in [6, 6.07) is 4.23. The van der Waals surface area contributed by atoms with Crippen LogP contribution in [0.25, 0.3) is 0 Å². The van der Waals surface area contributed by atoms with Crippen LogP contribution in [0, 0.1) is 5.92 Å². The quantitative estimate of drug-likeness (QED) is 0.811. The van der Waals surface area contributed by atoms with Gasteiger partial charge in [0.1, 0.15) is 0 Å². The van der Waals surface area contributed by atoms with E-state index in [1.54, 1.807) is 11.3 Å². The molecule has 2 rings (SSSR count). The number of carbonyl (C=O) groups is 1. The summed E-state index contributed by atoms with van der Waals surface area (Å²) < 4.78 is 4.80. The second kappa shape index (κ2) is 7.65. The molecule has 0 radical (unpaired) electrons. The molecule has 0 aromatic carbocycles. The van der Waals surface area contributed by atoms with Crippen molar-refractivity contribution < 1.29 is 9.53 Å². The number of esters is 1. The highest BCUT2D eigenvalue weighted by Gasteiger charge is 2.20. The molecule has 3 nitrogen and oxygen atoms in total. The smallest absolute Gasteiger partial charge is 0.307 e. The van der Waals surface area contributed by atoms with E-state index in [0.29, 0.717) is 6.42 Å². The van der Waals surface area contributed by atoms with Gasteiger partial charge in [0, 0.05) is 4.88 Å². The molecule has 1 fully saturated rings. The average molecular weight is 281 g/mol. The van der Waals surface area contributed by atoms with Gasteiger partial charge in [-0.1, -0.05) is 25.3 Å². The van der Waals surface area contributed by atoms with E-state index < -0.39 is 0 Å². The van der Waals surface area contributed by atoms with E-state index in [1.165, 1.54) is 44.1 Å². The molecule has 1 unspecified atom stereocenters. The molecule has 1 N–H and O–H groups in total. The molecule has 1 heterocycles. The van der Waals surface area contributed by atoms with Crippen LogP contribution in [0.15, 0.2) is 17.5 Å². The van der Waals surface area contributed by atoms with Gasteiger partial charge in [-0.3, -0.25) is 4.79 Å². The maximum atomic E-state index is 11.5. The molecule has 4 heteroatoms. The summed E-state index contributed by atoms with van der Waals surface area (Å²) >= 11 is 1.70. The predicted molar refractivity (Wildman–Crippen MR) is 78.3 cm³/mol. The predicted octanol–water partition coefficient (Wildman–Crippen LogP) is 3.52. The first-order valence-electron chi connectivity index (χ1n) is 7.13. The third kappa shape index (κ3) is 4.62. The Morgan fingerprint density at radius 2 is 2.26 bits per heavy atom. The van der Waals surface area contributed by atoms with Crippen LogP contribution >= 0.6 is 11.3 Å². The molecule has 106 valence electrons. The molecule has 0 aliphatic heterocycles. The first-order chi connectivity index (χ1) is 9.29. The van der Waals surface area contributed by atoms with Crippen LogP contribution in [0.3, 0.4) is 0 Å². The van der Waals surface area contributed by atoms with E-state index >= 15 is 0 Å². The van der Waals surface area contributed by atoms with Gasteiger partial charge in [0.25, 0.3) is 0 Å². The largest absolute Gasteiger partial charge is 0.469 e. The Morgan fingerprint density at radius 3 is 2.89 bits per heavy atom. The zero-order valence-corrected chi connectivity index (χ0v) is 12.4. The van der Waals surface area contributed by atoms with Crippen LogP contribution < -0.4 is 5.32 Å². The lowest BCUT2D eigenvalue weighted by Gasteiger charge is -2.24. The summed E-state index contributed by atoms with van der Waals surface area (Å²) in [5, 5.41) is 5.62. The van der Waals surface area contributed by atoms with Crippen LogP contribution in [-0.2, 0) is 9.53 Å². The Labute approximate surface area is 119 Å². The number of thiophene rings is 1. The number of carbonyl (C=O) groups excluding carboxylic acids is 1. The van der Waals surface area contributed by atoms with Crippen molar-refractivity contribution in [2.24, 2.45) is 5.92 Å². The fourth-order valence-electron chi connectivity index (χ4n) is 2.71. The van der Waals surface area contributed by atoms with Gasteiger partial charge in [0.05, 0.1) is 19.6 Å². The normalized spacial score (nSPS) is 18.2. The number of methoxy groups -OCH3 is 1. The molecular weight excluding hydrogens is 258 g/mol. The van der Waals surface area contributed by atoms with Gasteiger partial charge in [0.2, 0.25) is 0 Å². The van der Waals surface area contributed by atoms with E-state index in [2.05, 4.69) is 16.8 Å². The first kappa shape index (κ1) is 14.5. The van der Waals surface area contributed by atoms with Gasteiger partial charge < -0.3 is 10.1 Å². The molecule has 1 aliphatic rings. The highest BCUT2D eigenvalue weighted by atomic mass is 32.1. The van der Waals surface area contributed by atoms with Crippen molar-refractivity contribution >= 4 is 17.3 Å². The van der Waals surface area contributed by atoms with Crippen LogP contribution in [0.2, 0.25) is 0 Å². The lowest BCUT2D eigenvalue weighted by molar-refractivity contribution is -0.141. The van der Waals surface area contributed by atoms with Gasteiger partial charge >= 0.3 is 5.97 Å². The Balaban J connectivity index is 1.87. The lowest BCUT2D eigenvalue weighted by Crippen LogP contribution is -2.29. The van der Waals surface area contributed by atoms with E-state index in [4.69, 9.17) is 4.74 Å². The number of hydrogen-bond donors (Lipinski definition) is 1. The van der Waals surface area contributed by atoms with E-state index in [1.807, 2.05) is 6.07 Å². The van der Waals surface area contributed by atoms with E-state index in [9.17, 15) is 4.79 Å². The second-order valence-electron chi connectivity index (χ2n) is 5.26. The second-order valence-corrected chi connectivity index (χ2v) is 6.24. The Hall–Kier alpha value is -0.870. The molecule has 19 heavy (non-hydrogen) atoms. The van der Waals surface area contributed by atoms with Crippen LogP contribution in [-0.4, -0.2) is 19.6 Å². The molecule has 1 saturated carbocycles. The lowest BCUT2D eigenvalue weighted by atomic mass is 9.89. The van der Waals surface area contributed by atoms with Gasteiger partial charge in [-0.15, -0.1) is 11.3 Å². The van der Waals surface area contributed by atoms with Crippen molar-refractivity contribution in [1.82, 2.24) is 5.32 Å². The summed E-state index contributed by atoms with van der Waals surface area (Å²) in [4.78, 5) is 12.7. The summed E-state index contributed by atoms with van der Waals surface area (Å²) in [6.45, 7) is 1.01. The number of nitrogens with one attached hydrogen (secondary N) is 1. The maximum Gasteiger partial charge on any atom is 0.307 e. The molecule has 0 bridgehead atoms. The fourth-order valence-corrected chi connectivity index (χ4v) is 3.52. The Bertz CT molecular complexity index is 372. The minimum atomic E-state index is -0.144. The van der Waals surface area contributed by atoms with Crippen molar-refractivity contribution in [3.63, 3.8) is 0 Å². The zero-order chi connectivity index (χ0) is 13.5. The zero-order valence-electron chi connectivity index (χ0n) is 11.6. The third-order valence-corrected chi connectivity index (χ3v) is 4.85. The summed E-state index contributed by atoms with van der Waals surface area (Å²) in [6.07, 6.45) is 7.15. The van der Waals surface area contributed by atoms with Gasteiger partial charge in [-0.25, -0.2) is 0 Å². The maximum absolute atomic E-state index is 11.5. The van der Waals surface area contributed by atoms with Crippen molar-refractivity contribution in [2.75, 3.05) is 13.7 Å². The van der Waals surface area contributed by atoms with Crippen molar-refractivity contribution in [3.8, 4) is 0 Å². The van der Waals surface area contributed by atoms with Crippen LogP contribution in [0.4, 0.5) is 0 Å². The molecule has 0 saturated heterocycles. The number of rotatable bonds is 6. The topological polar surface area (TPSA) is 38.3 Å².